The summed E-state index contributed by atoms with van der Waals surface area (Å²) in [6, 6.07) is 2.42. The standard InChI is InChI=1S/C12H15F3N2O2S/c1-2-8(5-7-18)17-10(19)9-4-3-6-16-11(9)20-12(13,14)15/h3-4,6,8,18H,2,5,7H2,1H3,(H,17,19). The smallest absolute Gasteiger partial charge is 0.396 e. The van der Waals surface area contributed by atoms with Crippen LogP contribution in [0.4, 0.5) is 13.2 Å². The molecule has 1 heterocycles. The minimum Gasteiger partial charge on any atom is -0.396 e. The lowest BCUT2D eigenvalue weighted by atomic mass is 10.1. The lowest BCUT2D eigenvalue weighted by Crippen LogP contribution is -2.35. The van der Waals surface area contributed by atoms with Gasteiger partial charge in [0.2, 0.25) is 0 Å². The Morgan fingerprint density at radius 3 is 2.80 bits per heavy atom. The molecule has 0 bridgehead atoms. The largest absolute Gasteiger partial charge is 0.447 e. The summed E-state index contributed by atoms with van der Waals surface area (Å²) in [5, 5.41) is 11.1. The first-order valence-electron chi connectivity index (χ1n) is 5.99. The summed E-state index contributed by atoms with van der Waals surface area (Å²) in [5.41, 5.74) is -4.62. The molecule has 0 saturated heterocycles. The number of pyridine rings is 1. The molecule has 0 fully saturated rings. The number of aliphatic hydroxyl groups is 1. The molecule has 112 valence electrons. The monoisotopic (exact) mass is 308 g/mol. The van der Waals surface area contributed by atoms with Gasteiger partial charge in [-0.15, -0.1) is 0 Å². The van der Waals surface area contributed by atoms with E-state index >= 15 is 0 Å². The molecule has 1 aromatic rings. The highest BCUT2D eigenvalue weighted by Gasteiger charge is 2.32. The number of hydrogen-bond acceptors (Lipinski definition) is 4. The third kappa shape index (κ3) is 5.38. The molecule has 0 aromatic carbocycles. The van der Waals surface area contributed by atoms with Crippen molar-refractivity contribution >= 4 is 17.7 Å². The lowest BCUT2D eigenvalue weighted by Gasteiger charge is -2.17. The molecule has 1 atom stereocenters. The summed E-state index contributed by atoms with van der Waals surface area (Å²) >= 11 is -0.418. The third-order valence-corrected chi connectivity index (χ3v) is 3.28. The molecule has 2 N–H and O–H groups in total. The normalized spacial score (nSPS) is 13.1. The first-order chi connectivity index (χ1) is 9.37. The Kier molecular flexibility index (Phi) is 6.28. The van der Waals surface area contributed by atoms with E-state index in [1.54, 1.807) is 0 Å². The number of nitrogens with one attached hydrogen (secondary N) is 1. The zero-order chi connectivity index (χ0) is 15.2. The Morgan fingerprint density at radius 2 is 2.25 bits per heavy atom. The van der Waals surface area contributed by atoms with Gasteiger partial charge in [-0.3, -0.25) is 4.79 Å². The van der Waals surface area contributed by atoms with Gasteiger partial charge in [-0.05, 0) is 25.0 Å². The minimum atomic E-state index is -4.50. The number of aromatic nitrogens is 1. The minimum absolute atomic E-state index is 0.101. The fourth-order valence-electron chi connectivity index (χ4n) is 1.55. The molecule has 0 aliphatic heterocycles. The van der Waals surface area contributed by atoms with E-state index < -0.39 is 23.2 Å². The van der Waals surface area contributed by atoms with Crippen molar-refractivity contribution < 1.29 is 23.1 Å². The molecule has 20 heavy (non-hydrogen) atoms. The molecule has 1 rings (SSSR count). The van der Waals surface area contributed by atoms with E-state index in [1.807, 2.05) is 6.92 Å². The first-order valence-corrected chi connectivity index (χ1v) is 6.81. The number of nitrogens with zero attached hydrogens (tertiary/aromatic N) is 1. The Labute approximate surface area is 118 Å². The van der Waals surface area contributed by atoms with Gasteiger partial charge in [-0.25, -0.2) is 4.98 Å². The molecule has 0 aliphatic rings. The molecule has 0 aliphatic carbocycles. The number of hydrogen-bond donors (Lipinski definition) is 2. The van der Waals surface area contributed by atoms with Crippen LogP contribution in [0.3, 0.4) is 0 Å². The first kappa shape index (κ1) is 16.8. The predicted octanol–water partition coefficient (Wildman–Crippen LogP) is 2.58. The third-order valence-electron chi connectivity index (χ3n) is 2.53. The van der Waals surface area contributed by atoms with Crippen molar-refractivity contribution in [1.82, 2.24) is 10.3 Å². The van der Waals surface area contributed by atoms with Gasteiger partial charge < -0.3 is 10.4 Å². The van der Waals surface area contributed by atoms with E-state index in [2.05, 4.69) is 10.3 Å². The lowest BCUT2D eigenvalue weighted by molar-refractivity contribution is -0.0329. The SMILES string of the molecule is CCC(CCO)NC(=O)c1cccnc1SC(F)(F)F. The highest BCUT2D eigenvalue weighted by Crippen LogP contribution is 2.37. The van der Waals surface area contributed by atoms with E-state index in [0.29, 0.717) is 12.8 Å². The van der Waals surface area contributed by atoms with Crippen LogP contribution in [0.15, 0.2) is 23.4 Å². The molecule has 0 spiro atoms. The van der Waals surface area contributed by atoms with Gasteiger partial charge in [0.1, 0.15) is 5.03 Å². The number of rotatable bonds is 6. The highest BCUT2D eigenvalue weighted by atomic mass is 32.2. The maximum absolute atomic E-state index is 12.4. The Balaban J connectivity index is 2.87. The van der Waals surface area contributed by atoms with Crippen LogP contribution in [0, 0.1) is 0 Å². The maximum Gasteiger partial charge on any atom is 0.447 e. The average Bonchev–Trinajstić information content (AvgIpc) is 2.36. The van der Waals surface area contributed by atoms with Gasteiger partial charge in [0.25, 0.3) is 5.91 Å². The second kappa shape index (κ2) is 7.49. The van der Waals surface area contributed by atoms with Crippen LogP contribution in [-0.4, -0.2) is 34.2 Å². The number of amides is 1. The molecule has 0 saturated carbocycles. The molecule has 1 aromatic heterocycles. The van der Waals surface area contributed by atoms with Crippen LogP contribution in [0.25, 0.3) is 0 Å². The van der Waals surface area contributed by atoms with E-state index in [0.717, 1.165) is 0 Å². The highest BCUT2D eigenvalue weighted by molar-refractivity contribution is 8.00. The second-order valence-electron chi connectivity index (χ2n) is 3.99. The van der Waals surface area contributed by atoms with Crippen molar-refractivity contribution in [3.05, 3.63) is 23.9 Å². The molecule has 4 nitrogen and oxygen atoms in total. The summed E-state index contributed by atoms with van der Waals surface area (Å²) < 4.78 is 37.2. The van der Waals surface area contributed by atoms with Crippen molar-refractivity contribution in [3.8, 4) is 0 Å². The molecule has 1 unspecified atom stereocenters. The zero-order valence-corrected chi connectivity index (χ0v) is 11.6. The number of alkyl halides is 3. The van der Waals surface area contributed by atoms with Gasteiger partial charge in [0, 0.05) is 30.6 Å². The number of carbonyl (C=O) groups excluding carboxylic acids is 1. The number of aliphatic hydroxyl groups excluding tert-OH is 1. The summed E-state index contributed by atoms with van der Waals surface area (Å²) in [6.07, 6.45) is 2.13. The van der Waals surface area contributed by atoms with E-state index in [9.17, 15) is 18.0 Å². The molecule has 8 heteroatoms. The topological polar surface area (TPSA) is 62.2 Å². The van der Waals surface area contributed by atoms with Gasteiger partial charge >= 0.3 is 5.51 Å². The molecule has 0 radical (unpaired) electrons. The van der Waals surface area contributed by atoms with Crippen molar-refractivity contribution in [2.24, 2.45) is 0 Å². The summed E-state index contributed by atoms with van der Waals surface area (Å²) in [5.74, 6) is -0.620. The van der Waals surface area contributed by atoms with Crippen LogP contribution < -0.4 is 5.32 Å². The number of halogens is 3. The van der Waals surface area contributed by atoms with Crippen molar-refractivity contribution in [2.45, 2.75) is 36.3 Å². The van der Waals surface area contributed by atoms with Gasteiger partial charge in [0.05, 0.1) is 5.56 Å². The molecule has 1 amide bonds. The maximum atomic E-state index is 12.4. The molecular weight excluding hydrogens is 293 g/mol. The van der Waals surface area contributed by atoms with Gasteiger partial charge in [-0.2, -0.15) is 13.2 Å². The van der Waals surface area contributed by atoms with Crippen molar-refractivity contribution in [3.63, 3.8) is 0 Å². The van der Waals surface area contributed by atoms with Crippen molar-refractivity contribution in [1.29, 1.82) is 0 Å². The summed E-state index contributed by atoms with van der Waals surface area (Å²) in [7, 11) is 0. The Hall–Kier alpha value is -1.28. The fourth-order valence-corrected chi connectivity index (χ4v) is 2.16. The average molecular weight is 308 g/mol. The quantitative estimate of drug-likeness (QED) is 0.793. The summed E-state index contributed by atoms with van der Waals surface area (Å²) in [6.45, 7) is 1.71. The van der Waals surface area contributed by atoms with Crippen LogP contribution in [0.2, 0.25) is 0 Å². The Morgan fingerprint density at radius 1 is 1.55 bits per heavy atom. The zero-order valence-electron chi connectivity index (χ0n) is 10.8. The van der Waals surface area contributed by atoms with Gasteiger partial charge in [-0.1, -0.05) is 6.92 Å². The second-order valence-corrected chi connectivity index (χ2v) is 5.05. The Bertz CT molecular complexity index is 455. The van der Waals surface area contributed by atoms with E-state index in [1.165, 1.54) is 18.3 Å². The van der Waals surface area contributed by atoms with Crippen molar-refractivity contribution in [2.75, 3.05) is 6.61 Å². The number of carbonyl (C=O) groups is 1. The van der Waals surface area contributed by atoms with E-state index in [4.69, 9.17) is 5.11 Å². The van der Waals surface area contributed by atoms with Crippen LogP contribution >= 0.6 is 11.8 Å². The fraction of sp³-hybridized carbons (Fsp3) is 0.500. The predicted molar refractivity (Wildman–Crippen MR) is 69.4 cm³/mol. The molecular formula is C12H15F3N2O2S. The van der Waals surface area contributed by atoms with E-state index in [-0.39, 0.29) is 23.2 Å². The van der Waals surface area contributed by atoms with Crippen LogP contribution in [0.1, 0.15) is 30.1 Å². The number of thioether (sulfide) groups is 1. The van der Waals surface area contributed by atoms with Crippen LogP contribution in [0.5, 0.6) is 0 Å². The van der Waals surface area contributed by atoms with Gasteiger partial charge in [0.15, 0.2) is 0 Å². The summed E-state index contributed by atoms with van der Waals surface area (Å²) in [4.78, 5) is 15.6. The van der Waals surface area contributed by atoms with Crippen LogP contribution in [-0.2, 0) is 0 Å².